The lowest BCUT2D eigenvalue weighted by molar-refractivity contribution is -0.281. The van der Waals surface area contributed by atoms with Gasteiger partial charge in [-0.1, -0.05) is 11.6 Å². The molecule has 1 saturated carbocycles. The van der Waals surface area contributed by atoms with Gasteiger partial charge in [0, 0.05) is 0 Å². The third-order valence-corrected chi connectivity index (χ3v) is 4.73. The smallest absolute Gasteiger partial charge is 0.0919 e. The molecule has 98 valence electrons. The first-order valence-electron chi connectivity index (χ1n) is 6.87. The zero-order valence-corrected chi connectivity index (χ0v) is 11.6. The highest BCUT2D eigenvalue weighted by Crippen LogP contribution is 2.51. The van der Waals surface area contributed by atoms with Crippen molar-refractivity contribution in [1.29, 1.82) is 0 Å². The molecular weight excluding hydrogens is 212 g/mol. The van der Waals surface area contributed by atoms with Crippen molar-refractivity contribution in [3.8, 4) is 0 Å². The van der Waals surface area contributed by atoms with Gasteiger partial charge in [0.05, 0.1) is 17.3 Å². The van der Waals surface area contributed by atoms with Crippen molar-refractivity contribution >= 4 is 0 Å². The summed E-state index contributed by atoms with van der Waals surface area (Å²) in [6.45, 7) is 8.59. The number of ether oxygens (including phenoxy) is 1. The Kier molecular flexibility index (Phi) is 3.39. The number of aliphatic hydroxyl groups is 1. The maximum Gasteiger partial charge on any atom is 0.0919 e. The van der Waals surface area contributed by atoms with Crippen LogP contribution in [0.1, 0.15) is 59.8 Å². The van der Waals surface area contributed by atoms with Crippen LogP contribution in [-0.4, -0.2) is 22.4 Å². The van der Waals surface area contributed by atoms with Crippen LogP contribution in [0, 0.1) is 5.92 Å². The summed E-state index contributed by atoms with van der Waals surface area (Å²) in [5, 5.41) is 10.1. The summed E-state index contributed by atoms with van der Waals surface area (Å²) in [5.41, 5.74) is 1.05. The lowest BCUT2D eigenvalue weighted by Gasteiger charge is -2.57. The molecule has 0 spiro atoms. The van der Waals surface area contributed by atoms with Crippen molar-refractivity contribution in [2.75, 3.05) is 0 Å². The van der Waals surface area contributed by atoms with Gasteiger partial charge in [0.2, 0.25) is 0 Å². The summed E-state index contributed by atoms with van der Waals surface area (Å²) >= 11 is 0. The fourth-order valence-electron chi connectivity index (χ4n) is 3.46. The molecule has 2 aliphatic heterocycles. The van der Waals surface area contributed by atoms with Gasteiger partial charge in [-0.2, -0.15) is 0 Å². The Labute approximate surface area is 105 Å². The minimum Gasteiger partial charge on any atom is -0.390 e. The third kappa shape index (κ3) is 2.43. The van der Waals surface area contributed by atoms with E-state index in [4.69, 9.17) is 4.74 Å². The molecule has 0 radical (unpaired) electrons. The second-order valence-electron chi connectivity index (χ2n) is 6.53. The first-order valence-corrected chi connectivity index (χ1v) is 6.87. The first-order chi connectivity index (χ1) is 7.86. The van der Waals surface area contributed by atoms with Crippen LogP contribution in [0.5, 0.6) is 0 Å². The lowest BCUT2D eigenvalue weighted by atomic mass is 9.65. The van der Waals surface area contributed by atoms with Gasteiger partial charge in [-0.3, -0.25) is 0 Å². The van der Waals surface area contributed by atoms with Crippen LogP contribution in [0.4, 0.5) is 0 Å². The number of allylic oxidation sites excluding steroid dienone is 2. The van der Waals surface area contributed by atoms with Crippen molar-refractivity contribution in [1.82, 2.24) is 0 Å². The molecule has 2 saturated heterocycles. The number of aliphatic hydroxyl groups excluding tert-OH is 1. The summed E-state index contributed by atoms with van der Waals surface area (Å²) in [6, 6.07) is 0. The molecule has 0 aromatic carbocycles. The van der Waals surface area contributed by atoms with Crippen molar-refractivity contribution < 1.29 is 9.84 Å². The molecule has 0 aromatic heterocycles. The standard InChI is InChI=1S/C15H26O2/c1-11(2)6-5-8-14(3)12-7-9-15(4,17-14)13(16)10-12/h6,12-13,16H,5,7-10H2,1-4H3/t12-,13-,14-,15+/m0/s1. The van der Waals surface area contributed by atoms with Gasteiger partial charge in [-0.15, -0.1) is 0 Å². The van der Waals surface area contributed by atoms with Gasteiger partial charge in [0.15, 0.2) is 0 Å². The molecule has 4 atom stereocenters. The lowest BCUT2D eigenvalue weighted by Crippen LogP contribution is -2.62. The zero-order valence-electron chi connectivity index (χ0n) is 11.6. The van der Waals surface area contributed by atoms with Crippen LogP contribution >= 0.6 is 0 Å². The highest BCUT2D eigenvalue weighted by atomic mass is 16.5. The molecule has 3 aliphatic rings. The van der Waals surface area contributed by atoms with E-state index in [1.54, 1.807) is 0 Å². The Morgan fingerprint density at radius 3 is 2.65 bits per heavy atom. The predicted octanol–water partition coefficient (Wildman–Crippen LogP) is 3.44. The number of rotatable bonds is 3. The molecule has 0 aromatic rings. The van der Waals surface area contributed by atoms with E-state index in [2.05, 4.69) is 33.8 Å². The second kappa shape index (κ2) is 4.40. The monoisotopic (exact) mass is 238 g/mol. The molecule has 17 heavy (non-hydrogen) atoms. The topological polar surface area (TPSA) is 29.5 Å². The fourth-order valence-corrected chi connectivity index (χ4v) is 3.46. The Morgan fingerprint density at radius 1 is 1.41 bits per heavy atom. The van der Waals surface area contributed by atoms with E-state index in [1.807, 2.05) is 0 Å². The summed E-state index contributed by atoms with van der Waals surface area (Å²) in [7, 11) is 0. The molecular formula is C15H26O2. The largest absolute Gasteiger partial charge is 0.390 e. The van der Waals surface area contributed by atoms with Gasteiger partial charge in [0.1, 0.15) is 0 Å². The maximum absolute atomic E-state index is 10.1. The van der Waals surface area contributed by atoms with Crippen molar-refractivity contribution in [2.24, 2.45) is 5.92 Å². The molecule has 0 amide bonds. The Balaban J connectivity index is 2.04. The van der Waals surface area contributed by atoms with Crippen LogP contribution in [0.2, 0.25) is 0 Å². The fraction of sp³-hybridized carbons (Fsp3) is 0.867. The Morgan fingerprint density at radius 2 is 2.12 bits per heavy atom. The summed E-state index contributed by atoms with van der Waals surface area (Å²) in [4.78, 5) is 0. The van der Waals surface area contributed by atoms with Gasteiger partial charge >= 0.3 is 0 Å². The van der Waals surface area contributed by atoms with Crippen LogP contribution in [-0.2, 0) is 4.74 Å². The van der Waals surface area contributed by atoms with Crippen molar-refractivity contribution in [3.05, 3.63) is 11.6 Å². The molecule has 3 rings (SSSR count). The highest BCUT2D eigenvalue weighted by Gasteiger charge is 2.54. The van der Waals surface area contributed by atoms with Crippen molar-refractivity contribution in [2.45, 2.75) is 77.1 Å². The van der Waals surface area contributed by atoms with E-state index in [0.717, 1.165) is 25.7 Å². The molecule has 0 unspecified atom stereocenters. The number of fused-ring (bicyclic) bond motifs is 3. The van der Waals surface area contributed by atoms with E-state index in [0.29, 0.717) is 5.92 Å². The van der Waals surface area contributed by atoms with E-state index in [-0.39, 0.29) is 17.3 Å². The SMILES string of the molecule is CC(C)=CCC[C@]1(C)O[C@]2(C)CC[C@H]1C[C@@H]2O. The molecule has 3 fully saturated rings. The van der Waals surface area contributed by atoms with E-state index in [1.165, 1.54) is 12.0 Å². The van der Waals surface area contributed by atoms with Crippen molar-refractivity contribution in [3.63, 3.8) is 0 Å². The predicted molar refractivity (Wildman–Crippen MR) is 69.9 cm³/mol. The molecule has 2 nitrogen and oxygen atoms in total. The number of hydrogen-bond acceptors (Lipinski definition) is 2. The molecule has 1 N–H and O–H groups in total. The quantitative estimate of drug-likeness (QED) is 0.763. The Hall–Kier alpha value is -0.340. The minimum atomic E-state index is -0.297. The zero-order chi connectivity index (χ0) is 12.7. The minimum absolute atomic E-state index is 0.0296. The summed E-state index contributed by atoms with van der Waals surface area (Å²) < 4.78 is 6.28. The Bertz CT molecular complexity index is 319. The maximum atomic E-state index is 10.1. The average molecular weight is 238 g/mol. The van der Waals surface area contributed by atoms with Gasteiger partial charge < -0.3 is 9.84 Å². The summed E-state index contributed by atoms with van der Waals surface area (Å²) in [5.74, 6) is 0.532. The van der Waals surface area contributed by atoms with Crippen LogP contribution in [0.3, 0.4) is 0 Å². The molecule has 1 aliphatic carbocycles. The van der Waals surface area contributed by atoms with Crippen LogP contribution in [0.25, 0.3) is 0 Å². The van der Waals surface area contributed by atoms with Gasteiger partial charge in [-0.25, -0.2) is 0 Å². The van der Waals surface area contributed by atoms with Crippen LogP contribution in [0.15, 0.2) is 11.6 Å². The normalized spacial score (nSPS) is 44.8. The second-order valence-corrected chi connectivity index (χ2v) is 6.53. The average Bonchev–Trinajstić information content (AvgIpc) is 2.20. The van der Waals surface area contributed by atoms with E-state index < -0.39 is 0 Å². The summed E-state index contributed by atoms with van der Waals surface area (Å²) in [6.07, 6.45) is 7.32. The van der Waals surface area contributed by atoms with Crippen LogP contribution < -0.4 is 0 Å². The molecule has 2 heterocycles. The number of hydrogen-bond donors (Lipinski definition) is 1. The van der Waals surface area contributed by atoms with Gasteiger partial charge in [0.25, 0.3) is 0 Å². The van der Waals surface area contributed by atoms with E-state index in [9.17, 15) is 5.11 Å². The molecule has 2 heteroatoms. The highest BCUT2D eigenvalue weighted by molar-refractivity contribution is 5.05. The van der Waals surface area contributed by atoms with E-state index >= 15 is 0 Å². The van der Waals surface area contributed by atoms with Gasteiger partial charge in [-0.05, 0) is 65.7 Å². The first kappa shape index (κ1) is 13.1. The molecule has 2 bridgehead atoms. The third-order valence-electron chi connectivity index (χ3n) is 4.73.